The first-order valence-electron chi connectivity index (χ1n) is 19.6. The highest BCUT2D eigenvalue weighted by Crippen LogP contribution is 2.55. The van der Waals surface area contributed by atoms with Crippen LogP contribution in [0.2, 0.25) is 0 Å². The van der Waals surface area contributed by atoms with Gasteiger partial charge in [0.05, 0.1) is 22.8 Å². The lowest BCUT2D eigenvalue weighted by Crippen LogP contribution is -2.74. The van der Waals surface area contributed by atoms with Crippen LogP contribution < -0.4 is 20.3 Å². The molecule has 0 unspecified atom stereocenters. The Bertz CT molecular complexity index is 2140. The van der Waals surface area contributed by atoms with Crippen LogP contribution in [0.15, 0.2) is 54.6 Å². The largest absolute Gasteiger partial charge is 0.489 e. The van der Waals surface area contributed by atoms with Crippen LogP contribution in [0.1, 0.15) is 93.9 Å². The van der Waals surface area contributed by atoms with Crippen LogP contribution in [-0.4, -0.2) is 90.2 Å². The van der Waals surface area contributed by atoms with E-state index >= 15 is 0 Å². The van der Waals surface area contributed by atoms with Crippen molar-refractivity contribution in [1.82, 2.24) is 20.4 Å². The second kappa shape index (κ2) is 13.9. The fourth-order valence-electron chi connectivity index (χ4n) is 10.2. The molecule has 8 rings (SSSR count). The summed E-state index contributed by atoms with van der Waals surface area (Å²) < 4.78 is 6.46. The molecule has 3 fully saturated rings. The van der Waals surface area contributed by atoms with Crippen molar-refractivity contribution < 1.29 is 28.7 Å². The predicted octanol–water partition coefficient (Wildman–Crippen LogP) is 4.42. The van der Waals surface area contributed by atoms with E-state index in [-0.39, 0.29) is 47.6 Å². The van der Waals surface area contributed by atoms with Crippen molar-refractivity contribution in [1.29, 1.82) is 5.26 Å². The van der Waals surface area contributed by atoms with E-state index in [1.165, 1.54) is 0 Å². The molecule has 0 aromatic heterocycles. The number of rotatable bonds is 8. The maximum absolute atomic E-state index is 13.5. The zero-order chi connectivity index (χ0) is 39.7. The molecule has 3 aromatic rings. The normalized spacial score (nSPS) is 24.2. The number of benzene rings is 3. The zero-order valence-corrected chi connectivity index (χ0v) is 32.6. The molecule has 12 nitrogen and oxygen atoms in total. The van der Waals surface area contributed by atoms with Crippen LogP contribution in [0.3, 0.4) is 0 Å². The van der Waals surface area contributed by atoms with Crippen LogP contribution in [0.5, 0.6) is 5.75 Å². The van der Waals surface area contributed by atoms with Gasteiger partial charge in [-0.05, 0) is 103 Å². The quantitative estimate of drug-likeness (QED) is 0.319. The average molecular weight is 757 g/mol. The molecule has 2 N–H and O–H groups in total. The summed E-state index contributed by atoms with van der Waals surface area (Å²) in [6, 6.07) is 18.2. The van der Waals surface area contributed by atoms with E-state index in [4.69, 9.17) is 4.74 Å². The summed E-state index contributed by atoms with van der Waals surface area (Å²) in [5, 5.41) is 14.8. The molecule has 0 spiro atoms. The van der Waals surface area contributed by atoms with Crippen molar-refractivity contribution in [3.8, 4) is 11.8 Å². The SMILES string of the molecule is Cc1cc(OC2C(C)(C)C(NC(=O)c3ccc(N4CCN(CC5Cc6cc7c(cc6C5)C(=O)N([C@H]5CCC(=O)NC5=O)C7=O)CC4)cc3)C2(C)C)ccc1C#N. The van der Waals surface area contributed by atoms with E-state index in [1.807, 2.05) is 55.5 Å². The summed E-state index contributed by atoms with van der Waals surface area (Å²) in [7, 11) is 0. The molecule has 5 aliphatic rings. The number of carbonyl (C=O) groups is 5. The molecular formula is C44H48N6O6. The number of piperidine rings is 1. The van der Waals surface area contributed by atoms with Crippen LogP contribution in [0, 0.1) is 35.0 Å². The van der Waals surface area contributed by atoms with Crippen LogP contribution >= 0.6 is 0 Å². The molecule has 2 aliphatic carbocycles. The molecule has 3 heterocycles. The van der Waals surface area contributed by atoms with Crippen molar-refractivity contribution in [2.24, 2.45) is 16.7 Å². The molecule has 0 radical (unpaired) electrons. The van der Waals surface area contributed by atoms with Gasteiger partial charge in [-0.2, -0.15) is 5.26 Å². The highest BCUT2D eigenvalue weighted by molar-refractivity contribution is 6.23. The number of piperazine rings is 1. The molecule has 0 bridgehead atoms. The minimum Gasteiger partial charge on any atom is -0.489 e. The summed E-state index contributed by atoms with van der Waals surface area (Å²) in [6.45, 7) is 14.8. The average Bonchev–Trinajstić information content (AvgIpc) is 3.67. The number of nitriles is 1. The Balaban J connectivity index is 0.822. The van der Waals surface area contributed by atoms with Crippen LogP contribution in [-0.2, 0) is 22.4 Å². The van der Waals surface area contributed by atoms with E-state index < -0.39 is 23.8 Å². The lowest BCUT2D eigenvalue weighted by molar-refractivity contribution is -0.164. The van der Waals surface area contributed by atoms with Gasteiger partial charge in [0.25, 0.3) is 17.7 Å². The number of imide groups is 2. The number of hydrogen-bond donors (Lipinski definition) is 2. The monoisotopic (exact) mass is 756 g/mol. The first-order chi connectivity index (χ1) is 26.6. The highest BCUT2D eigenvalue weighted by Gasteiger charge is 2.64. The minimum absolute atomic E-state index is 0.0982. The first-order valence-corrected chi connectivity index (χ1v) is 19.6. The Hall–Kier alpha value is -5.54. The Morgan fingerprint density at radius 3 is 2.09 bits per heavy atom. The lowest BCUT2D eigenvalue weighted by Gasteiger charge is -2.63. The molecule has 5 amide bonds. The minimum atomic E-state index is -0.960. The molecule has 3 aromatic carbocycles. The van der Waals surface area contributed by atoms with Crippen molar-refractivity contribution in [3.63, 3.8) is 0 Å². The summed E-state index contributed by atoms with van der Waals surface area (Å²) in [6.07, 6.45) is 1.76. The molecule has 56 heavy (non-hydrogen) atoms. The number of nitrogens with one attached hydrogen (secondary N) is 2. The van der Waals surface area contributed by atoms with Crippen molar-refractivity contribution in [2.75, 3.05) is 37.6 Å². The summed E-state index contributed by atoms with van der Waals surface area (Å²) in [4.78, 5) is 70.1. The van der Waals surface area contributed by atoms with E-state index in [0.717, 1.165) is 78.6 Å². The first kappa shape index (κ1) is 37.4. The topological polar surface area (TPSA) is 152 Å². The number of carbonyl (C=O) groups excluding carboxylic acids is 5. The molecule has 1 saturated carbocycles. The van der Waals surface area contributed by atoms with Gasteiger partial charge in [-0.3, -0.25) is 39.1 Å². The summed E-state index contributed by atoms with van der Waals surface area (Å²) in [5.41, 5.74) is 5.43. The van der Waals surface area contributed by atoms with E-state index in [0.29, 0.717) is 28.2 Å². The van der Waals surface area contributed by atoms with Crippen molar-refractivity contribution in [2.45, 2.75) is 78.5 Å². The number of ether oxygens (including phenoxy) is 1. The van der Waals surface area contributed by atoms with Crippen molar-refractivity contribution >= 4 is 35.2 Å². The van der Waals surface area contributed by atoms with Gasteiger partial charge in [0.15, 0.2) is 0 Å². The lowest BCUT2D eigenvalue weighted by atomic mass is 9.49. The standard InChI is InChI=1S/C44H48N6O6/c1-25-18-32(11-8-28(25)23-45)56-42-43(2,3)41(44(42,4)5)47-37(52)27-6-9-31(10-7-27)49-16-14-48(15-17-49)24-26-19-29-21-33-34(22-30(29)20-26)40(55)50(39(33)54)35-12-13-36(51)46-38(35)53/h6-11,18,21-22,26,35,41-42H,12-17,19-20,24H2,1-5H3,(H,47,52)(H,46,51,53)/t35-,41?,42?/m0/s1. The predicted molar refractivity (Wildman–Crippen MR) is 208 cm³/mol. The third kappa shape index (κ3) is 6.41. The van der Waals surface area contributed by atoms with Gasteiger partial charge in [-0.25, -0.2) is 0 Å². The van der Waals surface area contributed by atoms with Gasteiger partial charge in [0, 0.05) is 67.3 Å². The number of hydrogen-bond acceptors (Lipinski definition) is 9. The van der Waals surface area contributed by atoms with Crippen LogP contribution in [0.25, 0.3) is 0 Å². The van der Waals surface area contributed by atoms with E-state index in [1.54, 1.807) is 6.07 Å². The molecule has 290 valence electrons. The third-order valence-corrected chi connectivity index (χ3v) is 12.8. The fraction of sp³-hybridized carbons (Fsp3) is 0.455. The molecule has 12 heteroatoms. The number of amides is 5. The number of fused-ring (bicyclic) bond motifs is 2. The second-order valence-corrected chi connectivity index (χ2v) is 17.4. The maximum Gasteiger partial charge on any atom is 0.262 e. The highest BCUT2D eigenvalue weighted by atomic mass is 16.5. The molecule has 3 aliphatic heterocycles. The third-order valence-electron chi connectivity index (χ3n) is 12.8. The number of aryl methyl sites for hydroxylation is 1. The zero-order valence-electron chi connectivity index (χ0n) is 32.6. The van der Waals surface area contributed by atoms with E-state index in [9.17, 15) is 29.2 Å². The fourth-order valence-corrected chi connectivity index (χ4v) is 10.2. The van der Waals surface area contributed by atoms with Gasteiger partial charge in [-0.15, -0.1) is 0 Å². The molecular weight excluding hydrogens is 709 g/mol. The molecule has 1 atom stereocenters. The Morgan fingerprint density at radius 1 is 0.893 bits per heavy atom. The van der Waals surface area contributed by atoms with Gasteiger partial charge in [0.2, 0.25) is 11.8 Å². The summed E-state index contributed by atoms with van der Waals surface area (Å²) in [5.74, 6) is -0.916. The second-order valence-electron chi connectivity index (χ2n) is 17.4. The smallest absolute Gasteiger partial charge is 0.262 e. The van der Waals surface area contributed by atoms with Gasteiger partial charge in [-0.1, -0.05) is 27.7 Å². The van der Waals surface area contributed by atoms with Crippen molar-refractivity contribution in [3.05, 3.63) is 93.5 Å². The Labute approximate surface area is 327 Å². The number of nitrogens with zero attached hydrogens (tertiary/aromatic N) is 4. The summed E-state index contributed by atoms with van der Waals surface area (Å²) >= 11 is 0. The maximum atomic E-state index is 13.5. The Morgan fingerprint density at radius 2 is 1.52 bits per heavy atom. The van der Waals surface area contributed by atoms with E-state index in [2.05, 4.69) is 54.2 Å². The van der Waals surface area contributed by atoms with Gasteiger partial charge in [0.1, 0.15) is 17.9 Å². The Kier molecular flexibility index (Phi) is 9.27. The number of anilines is 1. The van der Waals surface area contributed by atoms with Gasteiger partial charge >= 0.3 is 0 Å². The molecule has 2 saturated heterocycles. The van der Waals surface area contributed by atoms with Gasteiger partial charge < -0.3 is 15.0 Å². The van der Waals surface area contributed by atoms with Crippen LogP contribution in [0.4, 0.5) is 5.69 Å².